The molecule has 2 heterocycles. The lowest BCUT2D eigenvalue weighted by molar-refractivity contribution is -0.140. The molecule has 5 nitrogen and oxygen atoms in total. The predicted molar refractivity (Wildman–Crippen MR) is 104 cm³/mol. The van der Waals surface area contributed by atoms with Crippen LogP contribution < -0.4 is 0 Å². The highest BCUT2D eigenvalue weighted by Gasteiger charge is 2.27. The number of aromatic nitrogens is 2. The maximum atomic E-state index is 12.6. The fraction of sp³-hybridized carbons (Fsp3) is 0.273. The first kappa shape index (κ1) is 17.5. The van der Waals surface area contributed by atoms with E-state index in [-0.39, 0.29) is 12.0 Å². The second-order valence-electron chi connectivity index (χ2n) is 6.85. The van der Waals surface area contributed by atoms with Gasteiger partial charge in [0, 0.05) is 37.5 Å². The predicted octanol–water partition coefficient (Wildman–Crippen LogP) is 3.68. The van der Waals surface area contributed by atoms with Gasteiger partial charge in [-0.15, -0.1) is 0 Å². The number of rotatable bonds is 5. The summed E-state index contributed by atoms with van der Waals surface area (Å²) >= 11 is 0. The minimum atomic E-state index is -0.306. The van der Waals surface area contributed by atoms with Gasteiger partial charge < -0.3 is 9.64 Å². The van der Waals surface area contributed by atoms with E-state index in [9.17, 15) is 4.79 Å². The molecule has 3 aromatic rings. The quantitative estimate of drug-likeness (QED) is 0.696. The van der Waals surface area contributed by atoms with E-state index in [4.69, 9.17) is 9.84 Å². The molecule has 0 unspecified atom stereocenters. The maximum Gasteiger partial charge on any atom is 0.251 e. The Labute approximate surface area is 159 Å². The van der Waals surface area contributed by atoms with Crippen molar-refractivity contribution in [2.75, 3.05) is 13.7 Å². The van der Waals surface area contributed by atoms with E-state index < -0.39 is 0 Å². The topological polar surface area (TPSA) is 47.4 Å². The van der Waals surface area contributed by atoms with Gasteiger partial charge >= 0.3 is 0 Å². The van der Waals surface area contributed by atoms with Crippen molar-refractivity contribution in [3.63, 3.8) is 0 Å². The van der Waals surface area contributed by atoms with Gasteiger partial charge in [0.2, 0.25) is 0 Å². The van der Waals surface area contributed by atoms with E-state index in [0.29, 0.717) is 13.2 Å². The Kier molecular flexibility index (Phi) is 5.03. The van der Waals surface area contributed by atoms with Crippen molar-refractivity contribution >= 4 is 5.91 Å². The van der Waals surface area contributed by atoms with Gasteiger partial charge in [-0.2, -0.15) is 5.10 Å². The zero-order valence-corrected chi connectivity index (χ0v) is 15.4. The van der Waals surface area contributed by atoms with Gasteiger partial charge in [0.1, 0.15) is 6.10 Å². The average Bonchev–Trinajstić information content (AvgIpc) is 3.39. The lowest BCUT2D eigenvalue weighted by Gasteiger charge is -2.20. The molecule has 0 aliphatic carbocycles. The summed E-state index contributed by atoms with van der Waals surface area (Å²) in [5, 5.41) is 4.81. The van der Waals surface area contributed by atoms with E-state index in [1.807, 2.05) is 78.6 Å². The van der Waals surface area contributed by atoms with Crippen molar-refractivity contribution in [2.24, 2.45) is 0 Å². The molecule has 1 aliphatic rings. The first-order valence-corrected chi connectivity index (χ1v) is 9.28. The first-order chi connectivity index (χ1) is 13.2. The Balaban J connectivity index is 1.65. The van der Waals surface area contributed by atoms with E-state index in [1.54, 1.807) is 4.90 Å². The minimum absolute atomic E-state index is 0.0407. The molecule has 0 radical (unpaired) electrons. The number of para-hydroxylation sites is 1. The van der Waals surface area contributed by atoms with Gasteiger partial charge in [-0.1, -0.05) is 48.5 Å². The third kappa shape index (κ3) is 3.78. The molecule has 0 N–H and O–H groups in total. The van der Waals surface area contributed by atoms with Crippen LogP contribution in [-0.2, 0) is 16.1 Å². The standard InChI is InChI=1S/C22H23N3O2/c1-24(22(26)20-13-8-14-27-20)15-18-16-25(19-11-6-3-7-12-19)23-21(18)17-9-4-2-5-10-17/h2-7,9-12,16,20H,8,13-15H2,1H3/t20-/m1/s1. The number of ether oxygens (including phenoxy) is 1. The molecule has 1 amide bonds. The summed E-state index contributed by atoms with van der Waals surface area (Å²) < 4.78 is 7.43. The average molecular weight is 361 g/mol. The van der Waals surface area contributed by atoms with Crippen molar-refractivity contribution in [2.45, 2.75) is 25.5 Å². The third-order valence-corrected chi connectivity index (χ3v) is 4.85. The number of nitrogens with zero attached hydrogens (tertiary/aromatic N) is 3. The normalized spacial score (nSPS) is 16.4. The summed E-state index contributed by atoms with van der Waals surface area (Å²) in [5.41, 5.74) is 3.94. The highest BCUT2D eigenvalue weighted by Crippen LogP contribution is 2.25. The van der Waals surface area contributed by atoms with E-state index in [0.717, 1.165) is 35.3 Å². The summed E-state index contributed by atoms with van der Waals surface area (Å²) in [5.74, 6) is 0.0407. The van der Waals surface area contributed by atoms with Crippen molar-refractivity contribution in [3.8, 4) is 16.9 Å². The van der Waals surface area contributed by atoms with Crippen LogP contribution in [0, 0.1) is 0 Å². The molecule has 1 atom stereocenters. The Hall–Kier alpha value is -2.92. The van der Waals surface area contributed by atoms with Crippen LogP contribution in [0.2, 0.25) is 0 Å². The monoisotopic (exact) mass is 361 g/mol. The van der Waals surface area contributed by atoms with Gasteiger partial charge in [-0.05, 0) is 25.0 Å². The van der Waals surface area contributed by atoms with E-state index in [2.05, 4.69) is 0 Å². The van der Waals surface area contributed by atoms with Crippen LogP contribution in [0.1, 0.15) is 18.4 Å². The molecule has 1 aliphatic heterocycles. The Morgan fingerprint density at radius 3 is 2.52 bits per heavy atom. The molecule has 2 aromatic carbocycles. The van der Waals surface area contributed by atoms with Crippen LogP contribution >= 0.6 is 0 Å². The maximum absolute atomic E-state index is 12.6. The van der Waals surface area contributed by atoms with Gasteiger partial charge in [0.25, 0.3) is 5.91 Å². The van der Waals surface area contributed by atoms with Crippen molar-refractivity contribution in [1.29, 1.82) is 0 Å². The van der Waals surface area contributed by atoms with Gasteiger partial charge in [0.05, 0.1) is 11.4 Å². The Morgan fingerprint density at radius 2 is 1.85 bits per heavy atom. The van der Waals surface area contributed by atoms with Gasteiger partial charge in [-0.3, -0.25) is 4.79 Å². The zero-order chi connectivity index (χ0) is 18.6. The number of benzene rings is 2. The SMILES string of the molecule is CN(Cc1cn(-c2ccccc2)nc1-c1ccccc1)C(=O)[C@H]1CCCO1. The van der Waals surface area contributed by atoms with Crippen LogP contribution in [0.5, 0.6) is 0 Å². The largest absolute Gasteiger partial charge is 0.368 e. The fourth-order valence-corrected chi connectivity index (χ4v) is 3.43. The molecule has 0 spiro atoms. The number of hydrogen-bond donors (Lipinski definition) is 0. The minimum Gasteiger partial charge on any atom is -0.368 e. The second kappa shape index (κ2) is 7.76. The molecule has 0 saturated carbocycles. The molecule has 27 heavy (non-hydrogen) atoms. The zero-order valence-electron chi connectivity index (χ0n) is 15.4. The molecule has 1 saturated heterocycles. The summed E-state index contributed by atoms with van der Waals surface area (Å²) in [6.07, 6.45) is 3.46. The smallest absolute Gasteiger partial charge is 0.251 e. The number of carbonyl (C=O) groups is 1. The number of amides is 1. The molecule has 4 rings (SSSR count). The van der Waals surface area contributed by atoms with Crippen molar-refractivity contribution in [3.05, 3.63) is 72.4 Å². The highest BCUT2D eigenvalue weighted by molar-refractivity contribution is 5.81. The lowest BCUT2D eigenvalue weighted by atomic mass is 10.1. The van der Waals surface area contributed by atoms with Crippen LogP contribution in [0.15, 0.2) is 66.9 Å². The van der Waals surface area contributed by atoms with Crippen LogP contribution in [0.3, 0.4) is 0 Å². The van der Waals surface area contributed by atoms with Crippen molar-refractivity contribution in [1.82, 2.24) is 14.7 Å². The van der Waals surface area contributed by atoms with Crippen molar-refractivity contribution < 1.29 is 9.53 Å². The van der Waals surface area contributed by atoms with Crippen LogP contribution in [-0.4, -0.2) is 40.3 Å². The molecule has 138 valence electrons. The molecule has 0 bridgehead atoms. The summed E-state index contributed by atoms with van der Waals surface area (Å²) in [7, 11) is 1.83. The summed E-state index contributed by atoms with van der Waals surface area (Å²) in [6, 6.07) is 20.1. The second-order valence-corrected chi connectivity index (χ2v) is 6.85. The third-order valence-electron chi connectivity index (χ3n) is 4.85. The van der Waals surface area contributed by atoms with E-state index in [1.165, 1.54) is 0 Å². The molecule has 1 aromatic heterocycles. The highest BCUT2D eigenvalue weighted by atomic mass is 16.5. The molecular formula is C22H23N3O2. The number of carbonyl (C=O) groups excluding carboxylic acids is 1. The molecule has 5 heteroatoms. The molecule has 1 fully saturated rings. The summed E-state index contributed by atoms with van der Waals surface area (Å²) in [4.78, 5) is 14.4. The van der Waals surface area contributed by atoms with Crippen LogP contribution in [0.25, 0.3) is 16.9 Å². The number of likely N-dealkylation sites (N-methyl/N-ethyl adjacent to an activating group) is 1. The number of hydrogen-bond acceptors (Lipinski definition) is 3. The summed E-state index contributed by atoms with van der Waals surface area (Å²) in [6.45, 7) is 1.17. The van der Waals surface area contributed by atoms with Gasteiger partial charge in [-0.25, -0.2) is 4.68 Å². The lowest BCUT2D eigenvalue weighted by Crippen LogP contribution is -2.35. The fourth-order valence-electron chi connectivity index (χ4n) is 3.43. The Morgan fingerprint density at radius 1 is 1.15 bits per heavy atom. The molecular weight excluding hydrogens is 338 g/mol. The van der Waals surface area contributed by atoms with Crippen LogP contribution in [0.4, 0.5) is 0 Å². The Bertz CT molecular complexity index is 900. The van der Waals surface area contributed by atoms with Gasteiger partial charge in [0.15, 0.2) is 0 Å². The van der Waals surface area contributed by atoms with E-state index >= 15 is 0 Å². The first-order valence-electron chi connectivity index (χ1n) is 9.28.